The number of carboxylic acid groups (broad SMARTS) is 1. The first-order valence-electron chi connectivity index (χ1n) is 5.00. The molecule has 0 radical (unpaired) electrons. The van der Waals surface area contributed by atoms with Crippen LogP contribution in [0.4, 0.5) is 0 Å². The lowest BCUT2D eigenvalue weighted by atomic mass is 10.0. The Balaban J connectivity index is 2.64. The Morgan fingerprint density at radius 2 is 2.29 bits per heavy atom. The predicted octanol–water partition coefficient (Wildman–Crippen LogP) is -1.70. The number of ether oxygens (including phenoxy) is 2. The normalized spacial score (nSPS) is 25.0. The van der Waals surface area contributed by atoms with Crippen molar-refractivity contribution >= 4 is 16.2 Å². The van der Waals surface area contributed by atoms with Gasteiger partial charge in [0.2, 0.25) is 0 Å². The van der Waals surface area contributed by atoms with Crippen molar-refractivity contribution in [2.45, 2.75) is 12.0 Å². The highest BCUT2D eigenvalue weighted by Gasteiger charge is 2.45. The maximum atomic E-state index is 11.6. The number of carboxylic acids is 1. The summed E-state index contributed by atoms with van der Waals surface area (Å²) in [6.07, 6.45) is 0.105. The Morgan fingerprint density at radius 1 is 1.59 bits per heavy atom. The average molecular weight is 268 g/mol. The van der Waals surface area contributed by atoms with Crippen LogP contribution in [0.25, 0.3) is 0 Å². The van der Waals surface area contributed by atoms with Gasteiger partial charge in [0.1, 0.15) is 0 Å². The van der Waals surface area contributed by atoms with Gasteiger partial charge in [-0.3, -0.25) is 4.79 Å². The summed E-state index contributed by atoms with van der Waals surface area (Å²) in [5.74, 6) is -1.24. The van der Waals surface area contributed by atoms with Crippen molar-refractivity contribution in [1.82, 2.24) is 9.44 Å². The smallest absolute Gasteiger partial charge is 0.327 e. The number of rotatable bonds is 7. The number of aliphatic carboxylic acids is 1. The molecule has 1 saturated heterocycles. The SMILES string of the molecule is COCCNS(=O)(=O)NC1(C(=O)O)CCOC1. The second kappa shape index (κ2) is 5.74. The van der Waals surface area contributed by atoms with Crippen LogP contribution in [0.1, 0.15) is 6.42 Å². The lowest BCUT2D eigenvalue weighted by Crippen LogP contribution is -2.58. The molecule has 0 aliphatic carbocycles. The Morgan fingerprint density at radius 3 is 2.76 bits per heavy atom. The molecular formula is C8H16N2O6S. The van der Waals surface area contributed by atoms with Gasteiger partial charge in [0.25, 0.3) is 10.2 Å². The zero-order chi connectivity index (χ0) is 12.9. The van der Waals surface area contributed by atoms with E-state index in [0.29, 0.717) is 0 Å². The third kappa shape index (κ3) is 3.89. The minimum Gasteiger partial charge on any atom is -0.480 e. The van der Waals surface area contributed by atoms with E-state index in [2.05, 4.69) is 14.2 Å². The second-order valence-electron chi connectivity index (χ2n) is 3.68. The molecule has 0 aromatic carbocycles. The van der Waals surface area contributed by atoms with Gasteiger partial charge in [-0.15, -0.1) is 0 Å². The molecule has 9 heteroatoms. The van der Waals surface area contributed by atoms with Crippen LogP contribution in [-0.2, 0) is 24.5 Å². The van der Waals surface area contributed by atoms with Crippen LogP contribution in [-0.4, -0.2) is 58.5 Å². The molecule has 0 aromatic heterocycles. The van der Waals surface area contributed by atoms with Crippen LogP contribution in [0.15, 0.2) is 0 Å². The zero-order valence-corrected chi connectivity index (χ0v) is 10.2. The summed E-state index contributed by atoms with van der Waals surface area (Å²) >= 11 is 0. The van der Waals surface area contributed by atoms with Crippen molar-refractivity contribution in [3.63, 3.8) is 0 Å². The first kappa shape index (κ1) is 14.3. The Bertz CT molecular complexity index is 362. The van der Waals surface area contributed by atoms with E-state index in [1.165, 1.54) is 7.11 Å². The number of nitrogens with one attached hydrogen (secondary N) is 2. The Hall–Kier alpha value is -0.740. The summed E-state index contributed by atoms with van der Waals surface area (Å²) in [6, 6.07) is 0. The Kier molecular flexibility index (Phi) is 4.83. The molecule has 100 valence electrons. The molecule has 0 bridgehead atoms. The van der Waals surface area contributed by atoms with Gasteiger partial charge in [-0.2, -0.15) is 17.9 Å². The van der Waals surface area contributed by atoms with E-state index < -0.39 is 21.7 Å². The number of methoxy groups -OCH3 is 1. The molecular weight excluding hydrogens is 252 g/mol. The van der Waals surface area contributed by atoms with Gasteiger partial charge in [0, 0.05) is 26.7 Å². The molecule has 1 fully saturated rings. The van der Waals surface area contributed by atoms with Crippen molar-refractivity contribution in [2.75, 3.05) is 33.5 Å². The molecule has 0 saturated carbocycles. The molecule has 1 unspecified atom stereocenters. The molecule has 8 nitrogen and oxygen atoms in total. The third-order valence-electron chi connectivity index (χ3n) is 2.36. The van der Waals surface area contributed by atoms with Crippen LogP contribution in [0.2, 0.25) is 0 Å². The topological polar surface area (TPSA) is 114 Å². The van der Waals surface area contributed by atoms with Crippen molar-refractivity contribution in [3.05, 3.63) is 0 Å². The number of hydrogen-bond donors (Lipinski definition) is 3. The molecule has 17 heavy (non-hydrogen) atoms. The highest BCUT2D eigenvalue weighted by molar-refractivity contribution is 7.87. The van der Waals surface area contributed by atoms with Crippen molar-refractivity contribution < 1.29 is 27.8 Å². The molecule has 1 rings (SSSR count). The van der Waals surface area contributed by atoms with Gasteiger partial charge in [-0.1, -0.05) is 0 Å². The summed E-state index contributed by atoms with van der Waals surface area (Å²) < 4.78 is 37.1. The van der Waals surface area contributed by atoms with Crippen molar-refractivity contribution in [1.29, 1.82) is 0 Å². The maximum absolute atomic E-state index is 11.6. The standard InChI is InChI=1S/C8H16N2O6S/c1-15-5-3-9-17(13,14)10-8(7(11)12)2-4-16-6-8/h9-10H,2-6H2,1H3,(H,11,12). The van der Waals surface area contributed by atoms with Gasteiger partial charge < -0.3 is 14.6 Å². The zero-order valence-electron chi connectivity index (χ0n) is 9.43. The fourth-order valence-corrected chi connectivity index (χ4v) is 2.62. The summed E-state index contributed by atoms with van der Waals surface area (Å²) in [4.78, 5) is 11.1. The summed E-state index contributed by atoms with van der Waals surface area (Å²) in [6.45, 7) is 0.320. The molecule has 3 N–H and O–H groups in total. The van der Waals surface area contributed by atoms with Crippen LogP contribution in [0.5, 0.6) is 0 Å². The lowest BCUT2D eigenvalue weighted by molar-refractivity contribution is -0.144. The van der Waals surface area contributed by atoms with Crippen LogP contribution >= 0.6 is 0 Å². The fourth-order valence-electron chi connectivity index (χ4n) is 1.43. The van der Waals surface area contributed by atoms with E-state index in [1.54, 1.807) is 0 Å². The monoisotopic (exact) mass is 268 g/mol. The number of hydrogen-bond acceptors (Lipinski definition) is 5. The second-order valence-corrected chi connectivity index (χ2v) is 5.18. The molecule has 0 amide bonds. The fraction of sp³-hybridized carbons (Fsp3) is 0.875. The molecule has 1 aliphatic rings. The van der Waals surface area contributed by atoms with E-state index in [-0.39, 0.29) is 32.8 Å². The van der Waals surface area contributed by atoms with Crippen LogP contribution < -0.4 is 9.44 Å². The quantitative estimate of drug-likeness (QED) is 0.474. The minimum absolute atomic E-state index is 0.0718. The summed E-state index contributed by atoms with van der Waals surface area (Å²) in [5.41, 5.74) is -1.57. The van der Waals surface area contributed by atoms with Gasteiger partial charge in [0.05, 0.1) is 13.2 Å². The van der Waals surface area contributed by atoms with E-state index >= 15 is 0 Å². The largest absolute Gasteiger partial charge is 0.480 e. The van der Waals surface area contributed by atoms with E-state index in [1.807, 2.05) is 0 Å². The maximum Gasteiger partial charge on any atom is 0.327 e. The van der Waals surface area contributed by atoms with E-state index in [9.17, 15) is 13.2 Å². The Labute approximate surface area is 99.5 Å². The molecule has 1 atom stereocenters. The minimum atomic E-state index is -3.88. The number of carbonyl (C=O) groups is 1. The van der Waals surface area contributed by atoms with E-state index in [0.717, 1.165) is 0 Å². The molecule has 1 aliphatic heterocycles. The van der Waals surface area contributed by atoms with Crippen LogP contribution in [0, 0.1) is 0 Å². The van der Waals surface area contributed by atoms with Gasteiger partial charge in [-0.05, 0) is 0 Å². The third-order valence-corrected chi connectivity index (χ3v) is 3.60. The molecule has 1 heterocycles. The van der Waals surface area contributed by atoms with E-state index in [4.69, 9.17) is 9.84 Å². The summed E-state index contributed by atoms with van der Waals surface area (Å²) in [7, 11) is -2.45. The molecule has 0 aromatic rings. The summed E-state index contributed by atoms with van der Waals surface area (Å²) in [5, 5.41) is 9.04. The first-order valence-corrected chi connectivity index (χ1v) is 6.49. The van der Waals surface area contributed by atoms with Crippen molar-refractivity contribution in [3.8, 4) is 0 Å². The van der Waals surface area contributed by atoms with Gasteiger partial charge in [0.15, 0.2) is 5.54 Å². The van der Waals surface area contributed by atoms with Crippen LogP contribution in [0.3, 0.4) is 0 Å². The first-order chi connectivity index (χ1) is 7.92. The van der Waals surface area contributed by atoms with Crippen molar-refractivity contribution in [2.24, 2.45) is 0 Å². The highest BCUT2D eigenvalue weighted by Crippen LogP contribution is 2.19. The average Bonchev–Trinajstić information content (AvgIpc) is 2.67. The molecule has 0 spiro atoms. The van der Waals surface area contributed by atoms with Gasteiger partial charge >= 0.3 is 5.97 Å². The predicted molar refractivity (Wildman–Crippen MR) is 57.7 cm³/mol. The lowest BCUT2D eigenvalue weighted by Gasteiger charge is -2.23. The van der Waals surface area contributed by atoms with Gasteiger partial charge in [-0.25, -0.2) is 0 Å². The highest BCUT2D eigenvalue weighted by atomic mass is 32.2.